The van der Waals surface area contributed by atoms with Crippen molar-refractivity contribution in [1.29, 1.82) is 0 Å². The van der Waals surface area contributed by atoms with E-state index in [1.54, 1.807) is 13.2 Å². The Morgan fingerprint density at radius 3 is 2.81 bits per heavy atom. The van der Waals surface area contributed by atoms with Gasteiger partial charge >= 0.3 is 0 Å². The highest BCUT2D eigenvalue weighted by Crippen LogP contribution is 2.26. The van der Waals surface area contributed by atoms with E-state index in [1.165, 1.54) is 19.3 Å². The van der Waals surface area contributed by atoms with Crippen LogP contribution in [0.1, 0.15) is 38.2 Å². The number of rotatable bonds is 4. The van der Waals surface area contributed by atoms with E-state index in [-0.39, 0.29) is 5.91 Å². The summed E-state index contributed by atoms with van der Waals surface area (Å²) < 4.78 is 6.07. The first-order chi connectivity index (χ1) is 10.1. The summed E-state index contributed by atoms with van der Waals surface area (Å²) in [6.45, 7) is 2.22. The first-order valence-electron chi connectivity index (χ1n) is 7.42. The number of carbonyl (C=O) groups excluding carboxylic acids is 1. The van der Waals surface area contributed by atoms with Gasteiger partial charge in [0.2, 0.25) is 5.91 Å². The number of benzene rings is 1. The van der Waals surface area contributed by atoms with Gasteiger partial charge in [-0.1, -0.05) is 25.8 Å². The molecular formula is C17H22BrNO2. The maximum Gasteiger partial charge on any atom is 0.244 e. The Labute approximate surface area is 134 Å². The van der Waals surface area contributed by atoms with Gasteiger partial charge in [-0.05, 0) is 58.5 Å². The zero-order valence-corrected chi connectivity index (χ0v) is 14.2. The lowest BCUT2D eigenvalue weighted by atomic mass is 9.86. The molecule has 2 rings (SSSR count). The monoisotopic (exact) mass is 351 g/mol. The molecule has 1 aromatic rings. The molecule has 1 aromatic carbocycles. The molecule has 0 heterocycles. The smallest absolute Gasteiger partial charge is 0.244 e. The molecule has 1 fully saturated rings. The van der Waals surface area contributed by atoms with E-state index in [9.17, 15) is 4.79 Å². The number of halogens is 1. The second-order valence-corrected chi connectivity index (χ2v) is 6.46. The highest BCUT2D eigenvalue weighted by atomic mass is 79.9. The van der Waals surface area contributed by atoms with Crippen LogP contribution in [0, 0.1) is 5.92 Å². The molecule has 1 aliphatic rings. The lowest BCUT2D eigenvalue weighted by molar-refractivity contribution is -0.117. The van der Waals surface area contributed by atoms with Crippen LogP contribution in [0.4, 0.5) is 0 Å². The Kier molecular flexibility index (Phi) is 5.85. The van der Waals surface area contributed by atoms with E-state index < -0.39 is 0 Å². The highest BCUT2D eigenvalue weighted by Gasteiger charge is 2.21. The number of methoxy groups -OCH3 is 1. The summed E-state index contributed by atoms with van der Waals surface area (Å²) >= 11 is 3.44. The van der Waals surface area contributed by atoms with Crippen molar-refractivity contribution in [3.63, 3.8) is 0 Å². The molecule has 1 N–H and O–H groups in total. The van der Waals surface area contributed by atoms with Crippen molar-refractivity contribution < 1.29 is 9.53 Å². The second-order valence-electron chi connectivity index (χ2n) is 5.60. The van der Waals surface area contributed by atoms with E-state index in [4.69, 9.17) is 4.74 Å². The molecule has 1 saturated carbocycles. The topological polar surface area (TPSA) is 38.3 Å². The third-order valence-corrected chi connectivity index (χ3v) is 4.66. The molecule has 114 valence electrons. The molecule has 0 unspecified atom stereocenters. The van der Waals surface area contributed by atoms with Crippen LogP contribution in [0.15, 0.2) is 28.7 Å². The van der Waals surface area contributed by atoms with Crippen LogP contribution in [0.3, 0.4) is 0 Å². The third-order valence-electron chi connectivity index (χ3n) is 4.04. The van der Waals surface area contributed by atoms with Crippen molar-refractivity contribution in [1.82, 2.24) is 5.32 Å². The fourth-order valence-corrected chi connectivity index (χ4v) is 3.28. The van der Waals surface area contributed by atoms with E-state index >= 15 is 0 Å². The van der Waals surface area contributed by atoms with Gasteiger partial charge in [0.1, 0.15) is 5.75 Å². The number of amides is 1. The minimum atomic E-state index is -0.0132. The van der Waals surface area contributed by atoms with Gasteiger partial charge in [-0.2, -0.15) is 0 Å². The van der Waals surface area contributed by atoms with Gasteiger partial charge in [0.25, 0.3) is 0 Å². The fourth-order valence-electron chi connectivity index (χ4n) is 2.72. The van der Waals surface area contributed by atoms with E-state index in [1.807, 2.05) is 24.3 Å². The van der Waals surface area contributed by atoms with Gasteiger partial charge in [0.05, 0.1) is 11.6 Å². The van der Waals surface area contributed by atoms with Crippen LogP contribution in [0.25, 0.3) is 6.08 Å². The average molecular weight is 352 g/mol. The van der Waals surface area contributed by atoms with E-state index in [0.717, 1.165) is 22.2 Å². The Morgan fingerprint density at radius 2 is 2.14 bits per heavy atom. The quantitative estimate of drug-likeness (QED) is 0.826. The lowest BCUT2D eigenvalue weighted by Crippen LogP contribution is -2.40. The van der Waals surface area contributed by atoms with Crippen LogP contribution in [-0.2, 0) is 4.79 Å². The molecule has 1 amide bonds. The van der Waals surface area contributed by atoms with Crippen molar-refractivity contribution in [2.24, 2.45) is 5.92 Å². The molecule has 0 aromatic heterocycles. The second kappa shape index (κ2) is 7.64. The summed E-state index contributed by atoms with van der Waals surface area (Å²) in [5.74, 6) is 1.35. The number of ether oxygens (including phenoxy) is 1. The largest absolute Gasteiger partial charge is 0.496 e. The normalized spacial score (nSPS) is 22.2. The van der Waals surface area contributed by atoms with Gasteiger partial charge in [0, 0.05) is 12.1 Å². The number of hydrogen-bond acceptors (Lipinski definition) is 2. The maximum atomic E-state index is 12.0. The third kappa shape index (κ3) is 4.60. The zero-order chi connectivity index (χ0) is 15.2. The zero-order valence-electron chi connectivity index (χ0n) is 12.6. The summed E-state index contributed by atoms with van der Waals surface area (Å²) in [6.07, 6.45) is 8.23. The van der Waals surface area contributed by atoms with Crippen LogP contribution in [-0.4, -0.2) is 19.1 Å². The number of carbonyl (C=O) groups is 1. The molecule has 0 radical (unpaired) electrons. The van der Waals surface area contributed by atoms with E-state index in [2.05, 4.69) is 28.2 Å². The standard InChI is InChI=1S/C17H22BrNO2/c1-12-5-3-4-6-15(12)19-17(20)10-8-13-7-9-16(21-2)14(18)11-13/h7-12,15H,3-6H2,1-2H3,(H,19,20)/b10-8+/t12-,15+/m0/s1. The SMILES string of the molecule is COc1ccc(/C=C/C(=O)N[C@@H]2CCCC[C@@H]2C)cc1Br. The summed E-state index contributed by atoms with van der Waals surface area (Å²) in [4.78, 5) is 12.0. The van der Waals surface area contributed by atoms with Crippen molar-refractivity contribution >= 4 is 27.9 Å². The lowest BCUT2D eigenvalue weighted by Gasteiger charge is -2.29. The van der Waals surface area contributed by atoms with E-state index in [0.29, 0.717) is 12.0 Å². The molecular weight excluding hydrogens is 330 g/mol. The maximum absolute atomic E-state index is 12.0. The van der Waals surface area contributed by atoms with Crippen molar-refractivity contribution in [2.45, 2.75) is 38.6 Å². The predicted molar refractivity (Wildman–Crippen MR) is 89.3 cm³/mol. The van der Waals surface area contributed by atoms with Crippen LogP contribution >= 0.6 is 15.9 Å². The molecule has 2 atom stereocenters. The molecule has 0 aliphatic heterocycles. The van der Waals surface area contributed by atoms with Gasteiger partial charge in [-0.25, -0.2) is 0 Å². The van der Waals surface area contributed by atoms with Gasteiger partial charge < -0.3 is 10.1 Å². The number of hydrogen-bond donors (Lipinski definition) is 1. The number of nitrogens with one attached hydrogen (secondary N) is 1. The Bertz CT molecular complexity index is 528. The minimum Gasteiger partial charge on any atom is -0.496 e. The summed E-state index contributed by atoms with van der Waals surface area (Å²) in [5.41, 5.74) is 0.967. The van der Waals surface area contributed by atoms with Crippen LogP contribution in [0.5, 0.6) is 5.75 Å². The minimum absolute atomic E-state index is 0.0132. The Morgan fingerprint density at radius 1 is 1.38 bits per heavy atom. The summed E-state index contributed by atoms with van der Waals surface area (Å²) in [7, 11) is 1.63. The van der Waals surface area contributed by atoms with Crippen LogP contribution < -0.4 is 10.1 Å². The fraction of sp³-hybridized carbons (Fsp3) is 0.471. The first-order valence-corrected chi connectivity index (χ1v) is 8.21. The molecule has 0 bridgehead atoms. The Balaban J connectivity index is 1.94. The molecule has 21 heavy (non-hydrogen) atoms. The van der Waals surface area contributed by atoms with Crippen molar-refractivity contribution in [3.8, 4) is 5.75 Å². The molecule has 4 heteroatoms. The van der Waals surface area contributed by atoms with Gasteiger partial charge in [0.15, 0.2) is 0 Å². The molecule has 1 aliphatic carbocycles. The molecule has 0 spiro atoms. The molecule has 3 nitrogen and oxygen atoms in total. The van der Waals surface area contributed by atoms with Crippen molar-refractivity contribution in [2.75, 3.05) is 7.11 Å². The van der Waals surface area contributed by atoms with Gasteiger partial charge in [-0.3, -0.25) is 4.79 Å². The summed E-state index contributed by atoms with van der Waals surface area (Å²) in [6, 6.07) is 6.06. The molecule has 0 saturated heterocycles. The average Bonchev–Trinajstić information content (AvgIpc) is 2.48. The first kappa shape index (κ1) is 16.1. The van der Waals surface area contributed by atoms with Gasteiger partial charge in [-0.15, -0.1) is 0 Å². The highest BCUT2D eigenvalue weighted by molar-refractivity contribution is 9.10. The predicted octanol–water partition coefficient (Wildman–Crippen LogP) is 4.17. The Hall–Kier alpha value is -1.29. The van der Waals surface area contributed by atoms with Crippen molar-refractivity contribution in [3.05, 3.63) is 34.3 Å². The summed E-state index contributed by atoms with van der Waals surface area (Å²) in [5, 5.41) is 3.11. The van der Waals surface area contributed by atoms with Crippen LogP contribution in [0.2, 0.25) is 0 Å².